The molecular weight excluding hydrogens is 282 g/mol. The summed E-state index contributed by atoms with van der Waals surface area (Å²) in [6.45, 7) is 8.95. The Balaban J connectivity index is 1.60. The highest BCUT2D eigenvalue weighted by Gasteiger charge is 2.43. The van der Waals surface area contributed by atoms with Gasteiger partial charge in [0.15, 0.2) is 0 Å². The van der Waals surface area contributed by atoms with Crippen molar-refractivity contribution in [3.8, 4) is 0 Å². The minimum atomic E-state index is -0.445. The summed E-state index contributed by atoms with van der Waals surface area (Å²) >= 11 is 0. The second-order valence-corrected chi connectivity index (χ2v) is 7.08. The molecule has 120 valence electrons. The first kappa shape index (κ1) is 14.9. The van der Waals surface area contributed by atoms with Gasteiger partial charge < -0.3 is 20.3 Å². The Bertz CT molecular complexity index is 557. The van der Waals surface area contributed by atoms with E-state index in [2.05, 4.69) is 14.9 Å². The van der Waals surface area contributed by atoms with Crippen LogP contribution >= 0.6 is 0 Å². The number of likely N-dealkylation sites (tertiary alicyclic amines) is 1. The number of aromatic nitrogens is 2. The van der Waals surface area contributed by atoms with E-state index in [1.54, 1.807) is 6.20 Å². The zero-order valence-electron chi connectivity index (χ0n) is 13.3. The third-order valence-corrected chi connectivity index (χ3v) is 4.12. The SMILES string of the molecule is CC(C)(C)OC(=O)N1CC2CN(c3ccnc(N)n3)CC2C1. The molecule has 2 fully saturated rings. The summed E-state index contributed by atoms with van der Waals surface area (Å²) in [4.78, 5) is 24.4. The molecule has 3 heterocycles. The Morgan fingerprint density at radius 3 is 2.45 bits per heavy atom. The lowest BCUT2D eigenvalue weighted by molar-refractivity contribution is 0.0282. The number of nitrogens with zero attached hydrogens (tertiary/aromatic N) is 4. The smallest absolute Gasteiger partial charge is 0.410 e. The van der Waals surface area contributed by atoms with E-state index in [1.807, 2.05) is 31.7 Å². The number of ether oxygens (including phenoxy) is 1. The molecule has 3 rings (SSSR count). The summed E-state index contributed by atoms with van der Waals surface area (Å²) in [5.74, 6) is 2.09. The van der Waals surface area contributed by atoms with Gasteiger partial charge in [0.2, 0.25) is 5.95 Å². The second kappa shape index (κ2) is 5.30. The van der Waals surface area contributed by atoms with Crippen LogP contribution in [0.2, 0.25) is 0 Å². The van der Waals surface area contributed by atoms with Gasteiger partial charge in [-0.25, -0.2) is 9.78 Å². The number of fused-ring (bicyclic) bond motifs is 1. The summed E-state index contributed by atoms with van der Waals surface area (Å²) in [6.07, 6.45) is 1.47. The van der Waals surface area contributed by atoms with Gasteiger partial charge in [0, 0.05) is 44.2 Å². The van der Waals surface area contributed by atoms with Gasteiger partial charge in [-0.3, -0.25) is 0 Å². The maximum absolute atomic E-state index is 12.1. The summed E-state index contributed by atoms with van der Waals surface area (Å²) in [7, 11) is 0. The minimum absolute atomic E-state index is 0.209. The number of rotatable bonds is 1. The van der Waals surface area contributed by atoms with Crippen molar-refractivity contribution in [2.45, 2.75) is 26.4 Å². The standard InChI is InChI=1S/C15H23N5O2/c1-15(2,3)22-14(21)20-8-10-6-19(7-11(10)9-20)12-4-5-17-13(16)18-12/h4-5,10-11H,6-9H2,1-3H3,(H2,16,17,18). The average Bonchev–Trinajstić information content (AvgIpc) is 2.94. The van der Waals surface area contributed by atoms with Crippen LogP contribution in [0.1, 0.15) is 20.8 Å². The average molecular weight is 305 g/mol. The van der Waals surface area contributed by atoms with Crippen molar-refractivity contribution >= 4 is 17.9 Å². The zero-order chi connectivity index (χ0) is 15.9. The van der Waals surface area contributed by atoms with Crippen LogP contribution in [-0.4, -0.2) is 52.7 Å². The minimum Gasteiger partial charge on any atom is -0.444 e. The predicted octanol–water partition coefficient (Wildman–Crippen LogP) is 1.36. The summed E-state index contributed by atoms with van der Waals surface area (Å²) in [6, 6.07) is 1.88. The Morgan fingerprint density at radius 1 is 1.27 bits per heavy atom. The molecule has 1 aromatic heterocycles. The van der Waals surface area contributed by atoms with Gasteiger partial charge in [0.1, 0.15) is 11.4 Å². The third-order valence-electron chi connectivity index (χ3n) is 4.12. The van der Waals surface area contributed by atoms with Crippen LogP contribution in [0, 0.1) is 11.8 Å². The van der Waals surface area contributed by atoms with Gasteiger partial charge in [-0.15, -0.1) is 0 Å². The van der Waals surface area contributed by atoms with E-state index in [1.165, 1.54) is 0 Å². The first-order valence-electron chi connectivity index (χ1n) is 7.63. The van der Waals surface area contributed by atoms with Gasteiger partial charge in [-0.05, 0) is 26.8 Å². The molecule has 7 heteroatoms. The molecule has 0 spiro atoms. The monoisotopic (exact) mass is 305 g/mol. The molecule has 2 aliphatic rings. The zero-order valence-corrected chi connectivity index (χ0v) is 13.3. The van der Waals surface area contributed by atoms with Crippen molar-refractivity contribution in [1.29, 1.82) is 0 Å². The Hall–Kier alpha value is -2.05. The number of amides is 1. The normalized spacial score (nSPS) is 24.5. The Kier molecular flexibility index (Phi) is 3.58. The molecular formula is C15H23N5O2. The van der Waals surface area contributed by atoms with Gasteiger partial charge in [-0.1, -0.05) is 0 Å². The van der Waals surface area contributed by atoms with Gasteiger partial charge in [0.25, 0.3) is 0 Å². The van der Waals surface area contributed by atoms with Gasteiger partial charge in [0.05, 0.1) is 0 Å². The number of carbonyl (C=O) groups is 1. The van der Waals surface area contributed by atoms with Crippen molar-refractivity contribution in [1.82, 2.24) is 14.9 Å². The highest BCUT2D eigenvalue weighted by atomic mass is 16.6. The molecule has 2 unspecified atom stereocenters. The summed E-state index contributed by atoms with van der Waals surface area (Å²) in [5, 5.41) is 0. The molecule has 2 atom stereocenters. The maximum atomic E-state index is 12.1. The highest BCUT2D eigenvalue weighted by molar-refractivity contribution is 5.68. The molecule has 2 saturated heterocycles. The number of nitrogens with two attached hydrogens (primary N) is 1. The van der Waals surface area contributed by atoms with Crippen LogP contribution < -0.4 is 10.6 Å². The number of anilines is 2. The molecule has 7 nitrogen and oxygen atoms in total. The molecule has 2 aliphatic heterocycles. The molecule has 0 aliphatic carbocycles. The van der Waals surface area contributed by atoms with Crippen molar-refractivity contribution in [2.75, 3.05) is 36.8 Å². The highest BCUT2D eigenvalue weighted by Crippen LogP contribution is 2.33. The Morgan fingerprint density at radius 2 is 1.91 bits per heavy atom. The van der Waals surface area contributed by atoms with Crippen molar-refractivity contribution in [2.24, 2.45) is 11.8 Å². The van der Waals surface area contributed by atoms with E-state index in [0.29, 0.717) is 17.8 Å². The molecule has 22 heavy (non-hydrogen) atoms. The lowest BCUT2D eigenvalue weighted by Crippen LogP contribution is -2.37. The van der Waals surface area contributed by atoms with Crippen LogP contribution in [0.5, 0.6) is 0 Å². The maximum Gasteiger partial charge on any atom is 0.410 e. The lowest BCUT2D eigenvalue weighted by atomic mass is 10.0. The quantitative estimate of drug-likeness (QED) is 0.843. The van der Waals surface area contributed by atoms with Crippen LogP contribution in [-0.2, 0) is 4.74 Å². The first-order valence-corrected chi connectivity index (χ1v) is 7.63. The molecule has 1 aromatic rings. The Labute approximate surface area is 130 Å². The molecule has 0 bridgehead atoms. The van der Waals surface area contributed by atoms with E-state index in [4.69, 9.17) is 10.5 Å². The van der Waals surface area contributed by atoms with E-state index < -0.39 is 5.60 Å². The summed E-state index contributed by atoms with van der Waals surface area (Å²) in [5.41, 5.74) is 5.20. The van der Waals surface area contributed by atoms with Gasteiger partial charge in [-0.2, -0.15) is 4.98 Å². The van der Waals surface area contributed by atoms with Gasteiger partial charge >= 0.3 is 6.09 Å². The van der Waals surface area contributed by atoms with Crippen molar-refractivity contribution < 1.29 is 9.53 Å². The predicted molar refractivity (Wildman–Crippen MR) is 83.4 cm³/mol. The fourth-order valence-electron chi connectivity index (χ4n) is 3.20. The number of carbonyl (C=O) groups excluding carboxylic acids is 1. The van der Waals surface area contributed by atoms with E-state index in [-0.39, 0.29) is 6.09 Å². The van der Waals surface area contributed by atoms with Crippen molar-refractivity contribution in [3.05, 3.63) is 12.3 Å². The van der Waals surface area contributed by atoms with Crippen LogP contribution in [0.3, 0.4) is 0 Å². The van der Waals surface area contributed by atoms with E-state index in [9.17, 15) is 4.79 Å². The number of nitrogen functional groups attached to an aromatic ring is 1. The lowest BCUT2D eigenvalue weighted by Gasteiger charge is -2.26. The topological polar surface area (TPSA) is 84.6 Å². The van der Waals surface area contributed by atoms with Crippen LogP contribution in [0.15, 0.2) is 12.3 Å². The first-order chi connectivity index (χ1) is 10.3. The van der Waals surface area contributed by atoms with E-state index in [0.717, 1.165) is 32.0 Å². The van der Waals surface area contributed by atoms with E-state index >= 15 is 0 Å². The third kappa shape index (κ3) is 3.08. The fraction of sp³-hybridized carbons (Fsp3) is 0.667. The largest absolute Gasteiger partial charge is 0.444 e. The molecule has 1 amide bonds. The number of hydrogen-bond acceptors (Lipinski definition) is 6. The molecule has 0 radical (unpaired) electrons. The molecule has 0 aromatic carbocycles. The molecule has 2 N–H and O–H groups in total. The second-order valence-electron chi connectivity index (χ2n) is 7.08. The fourth-order valence-corrected chi connectivity index (χ4v) is 3.20. The van der Waals surface area contributed by atoms with Crippen LogP contribution in [0.25, 0.3) is 0 Å². The summed E-state index contributed by atoms with van der Waals surface area (Å²) < 4.78 is 5.45. The number of hydrogen-bond donors (Lipinski definition) is 1. The molecule has 0 saturated carbocycles. The van der Waals surface area contributed by atoms with Crippen molar-refractivity contribution in [3.63, 3.8) is 0 Å². The van der Waals surface area contributed by atoms with Crippen LogP contribution in [0.4, 0.5) is 16.6 Å².